The lowest BCUT2D eigenvalue weighted by Crippen LogP contribution is -2.22. The number of allylic oxidation sites excluding steroid dienone is 4. The monoisotopic (exact) mass is 406 g/mol. The number of nitrogens with zero attached hydrogens (tertiary/aromatic N) is 1. The minimum Gasteiger partial charge on any atom is -0.493 e. The Bertz CT molecular complexity index is 915. The molecule has 5 heteroatoms. The summed E-state index contributed by atoms with van der Waals surface area (Å²) in [5.74, 6) is 3.38. The molecule has 2 rings (SSSR count). The first-order chi connectivity index (χ1) is 14.5. The van der Waals surface area contributed by atoms with Gasteiger partial charge in [0.2, 0.25) is 5.91 Å². The fourth-order valence-corrected chi connectivity index (χ4v) is 3.18. The van der Waals surface area contributed by atoms with Crippen LogP contribution in [0.15, 0.2) is 59.5 Å². The molecule has 0 aromatic heterocycles. The van der Waals surface area contributed by atoms with Gasteiger partial charge in [0.25, 0.3) is 0 Å². The third kappa shape index (κ3) is 6.59. The molecule has 0 aliphatic heterocycles. The summed E-state index contributed by atoms with van der Waals surface area (Å²) < 4.78 is 10.8. The zero-order chi connectivity index (χ0) is 21.9. The highest BCUT2D eigenvalue weighted by atomic mass is 16.5. The van der Waals surface area contributed by atoms with Crippen molar-refractivity contribution in [1.29, 1.82) is 0 Å². The van der Waals surface area contributed by atoms with E-state index in [9.17, 15) is 4.79 Å². The molecule has 0 saturated heterocycles. The summed E-state index contributed by atoms with van der Waals surface area (Å²) in [7, 11) is 5.58. The van der Waals surface area contributed by atoms with E-state index in [0.717, 1.165) is 30.5 Å². The summed E-state index contributed by atoms with van der Waals surface area (Å²) in [6.45, 7) is 2.30. The van der Waals surface area contributed by atoms with Gasteiger partial charge in [-0.2, -0.15) is 0 Å². The molecule has 158 valence electrons. The van der Waals surface area contributed by atoms with Gasteiger partial charge in [-0.3, -0.25) is 4.79 Å². The van der Waals surface area contributed by atoms with Gasteiger partial charge in [0, 0.05) is 32.1 Å². The molecule has 0 bridgehead atoms. The van der Waals surface area contributed by atoms with Gasteiger partial charge in [-0.1, -0.05) is 25.0 Å². The number of amides is 1. The molecule has 1 aromatic rings. The number of rotatable bonds is 9. The average Bonchev–Trinajstić information content (AvgIpc) is 2.75. The highest BCUT2D eigenvalue weighted by molar-refractivity contribution is 5.93. The van der Waals surface area contributed by atoms with Crippen molar-refractivity contribution in [2.75, 3.05) is 27.8 Å². The zero-order valence-electron chi connectivity index (χ0n) is 18.2. The Morgan fingerprint density at radius 3 is 2.80 bits per heavy atom. The number of terminal acetylenes is 1. The summed E-state index contributed by atoms with van der Waals surface area (Å²) in [5, 5.41) is 3.02. The lowest BCUT2D eigenvalue weighted by Gasteiger charge is -2.20. The molecule has 30 heavy (non-hydrogen) atoms. The molecule has 0 radical (unpaired) electrons. The van der Waals surface area contributed by atoms with E-state index in [4.69, 9.17) is 15.9 Å². The van der Waals surface area contributed by atoms with Crippen molar-refractivity contribution in [3.05, 3.63) is 65.0 Å². The largest absolute Gasteiger partial charge is 0.493 e. The molecule has 0 saturated carbocycles. The number of benzene rings is 1. The van der Waals surface area contributed by atoms with E-state index < -0.39 is 0 Å². The van der Waals surface area contributed by atoms with Gasteiger partial charge in [0.05, 0.1) is 7.11 Å². The summed E-state index contributed by atoms with van der Waals surface area (Å²) in [4.78, 5) is 14.6. The summed E-state index contributed by atoms with van der Waals surface area (Å²) in [6.07, 6.45) is 17.5. The second-order valence-electron chi connectivity index (χ2n) is 7.03. The number of hydrogen-bond acceptors (Lipinski definition) is 4. The van der Waals surface area contributed by atoms with Crippen molar-refractivity contribution < 1.29 is 14.3 Å². The highest BCUT2D eigenvalue weighted by Crippen LogP contribution is 2.29. The first-order valence-electron chi connectivity index (χ1n) is 9.99. The highest BCUT2D eigenvalue weighted by Gasteiger charge is 2.14. The Labute approximate surface area is 179 Å². The van der Waals surface area contributed by atoms with E-state index in [0.29, 0.717) is 11.5 Å². The van der Waals surface area contributed by atoms with Crippen LogP contribution in [0.3, 0.4) is 0 Å². The fourth-order valence-electron chi connectivity index (χ4n) is 3.18. The molecular formula is C25H30N2O3. The number of nitrogens with one attached hydrogen (secondary N) is 1. The van der Waals surface area contributed by atoms with Crippen molar-refractivity contribution in [2.24, 2.45) is 0 Å². The molecule has 0 spiro atoms. The molecule has 0 unspecified atom stereocenters. The molecular weight excluding hydrogens is 376 g/mol. The van der Waals surface area contributed by atoms with Crippen LogP contribution in [0.25, 0.3) is 6.08 Å². The van der Waals surface area contributed by atoms with Gasteiger partial charge in [-0.05, 0) is 60.3 Å². The van der Waals surface area contributed by atoms with Crippen LogP contribution in [-0.2, 0) is 4.79 Å². The maximum Gasteiger partial charge on any atom is 0.248 e. The maximum absolute atomic E-state index is 12.6. The molecule has 1 aromatic carbocycles. The topological polar surface area (TPSA) is 50.8 Å². The standard InChI is InChI=1S/C25H30N2O3/c1-6-16-30-23-14-12-19(17-24(23)29-5)13-15-25(28)26-22-11-9-8-10-21(22)20(7-2)18-27(3)4/h1,9,11-15,17-18H,7-8,10,16H2,2-5H3,(H,26,28)/b15-13+,20-18+. The quantitative estimate of drug-likeness (QED) is 0.491. The molecule has 0 fully saturated rings. The van der Waals surface area contributed by atoms with E-state index in [1.807, 2.05) is 31.1 Å². The molecule has 5 nitrogen and oxygen atoms in total. The van der Waals surface area contributed by atoms with Gasteiger partial charge >= 0.3 is 0 Å². The number of ether oxygens (including phenoxy) is 2. The Hall–Kier alpha value is -3.39. The van der Waals surface area contributed by atoms with Gasteiger partial charge in [-0.25, -0.2) is 0 Å². The van der Waals surface area contributed by atoms with Crippen molar-refractivity contribution in [2.45, 2.75) is 26.2 Å². The van der Waals surface area contributed by atoms with Crippen molar-refractivity contribution in [3.63, 3.8) is 0 Å². The molecule has 1 aliphatic rings. The Morgan fingerprint density at radius 1 is 1.33 bits per heavy atom. The summed E-state index contributed by atoms with van der Waals surface area (Å²) >= 11 is 0. The molecule has 1 N–H and O–H groups in total. The number of methoxy groups -OCH3 is 1. The third-order valence-electron chi connectivity index (χ3n) is 4.54. The smallest absolute Gasteiger partial charge is 0.248 e. The van der Waals surface area contributed by atoms with Crippen LogP contribution in [-0.4, -0.2) is 38.6 Å². The maximum atomic E-state index is 12.6. The van der Waals surface area contributed by atoms with Gasteiger partial charge in [-0.15, -0.1) is 6.42 Å². The van der Waals surface area contributed by atoms with Crippen LogP contribution in [0.4, 0.5) is 0 Å². The van der Waals surface area contributed by atoms with E-state index in [1.165, 1.54) is 17.2 Å². The van der Waals surface area contributed by atoms with E-state index in [-0.39, 0.29) is 12.5 Å². The Morgan fingerprint density at radius 2 is 2.13 bits per heavy atom. The normalized spacial score (nSPS) is 13.9. The molecule has 0 atom stereocenters. The lowest BCUT2D eigenvalue weighted by molar-refractivity contribution is -0.115. The Balaban J connectivity index is 2.16. The molecule has 1 amide bonds. The van der Waals surface area contributed by atoms with Gasteiger partial charge in [0.15, 0.2) is 11.5 Å². The third-order valence-corrected chi connectivity index (χ3v) is 4.54. The summed E-state index contributed by atoms with van der Waals surface area (Å²) in [6, 6.07) is 5.42. The zero-order valence-corrected chi connectivity index (χ0v) is 18.2. The van der Waals surface area contributed by atoms with Gasteiger partial charge < -0.3 is 19.7 Å². The first-order valence-corrected chi connectivity index (χ1v) is 9.99. The van der Waals surface area contributed by atoms with Crippen LogP contribution < -0.4 is 14.8 Å². The number of hydrogen-bond donors (Lipinski definition) is 1. The van der Waals surface area contributed by atoms with Crippen LogP contribution in [0, 0.1) is 12.3 Å². The second kappa shape index (κ2) is 11.6. The van der Waals surface area contributed by atoms with E-state index in [1.54, 1.807) is 25.3 Å². The average molecular weight is 407 g/mol. The first kappa shape index (κ1) is 22.9. The van der Waals surface area contributed by atoms with Gasteiger partial charge in [0.1, 0.15) is 6.61 Å². The van der Waals surface area contributed by atoms with Crippen LogP contribution in [0.1, 0.15) is 31.7 Å². The predicted octanol–water partition coefficient (Wildman–Crippen LogP) is 4.30. The molecule has 1 aliphatic carbocycles. The predicted molar refractivity (Wildman–Crippen MR) is 122 cm³/mol. The molecule has 0 heterocycles. The minimum atomic E-state index is -0.180. The fraction of sp³-hybridized carbons (Fsp3) is 0.320. The van der Waals surface area contributed by atoms with E-state index >= 15 is 0 Å². The van der Waals surface area contributed by atoms with Crippen molar-refractivity contribution in [1.82, 2.24) is 10.2 Å². The second-order valence-corrected chi connectivity index (χ2v) is 7.03. The minimum absolute atomic E-state index is 0.168. The number of carbonyl (C=O) groups excluding carboxylic acids is 1. The van der Waals surface area contributed by atoms with Crippen LogP contribution in [0.5, 0.6) is 11.5 Å². The van der Waals surface area contributed by atoms with E-state index in [2.05, 4.69) is 30.4 Å². The van der Waals surface area contributed by atoms with Crippen LogP contribution in [0.2, 0.25) is 0 Å². The van der Waals surface area contributed by atoms with Crippen molar-refractivity contribution in [3.8, 4) is 23.8 Å². The SMILES string of the molecule is C#CCOc1ccc(/C=C/C(=O)NC2=C(/C(=C/N(C)C)CC)CCC=C2)cc1OC. The number of carbonyl (C=O) groups is 1. The lowest BCUT2D eigenvalue weighted by atomic mass is 9.93. The Kier molecular flexibility index (Phi) is 8.83. The summed E-state index contributed by atoms with van der Waals surface area (Å²) in [5.41, 5.74) is 4.11. The van der Waals surface area contributed by atoms with Crippen LogP contribution >= 0.6 is 0 Å². The van der Waals surface area contributed by atoms with Crippen molar-refractivity contribution >= 4 is 12.0 Å².